The third-order valence-electron chi connectivity index (χ3n) is 1.61. The molecule has 0 heterocycles. The van der Waals surface area contributed by atoms with Gasteiger partial charge in [-0.15, -0.1) is 0 Å². The van der Waals surface area contributed by atoms with Crippen LogP contribution >= 0.6 is 0 Å². The molecule has 0 aliphatic rings. The van der Waals surface area contributed by atoms with Crippen LogP contribution in [0.15, 0.2) is 0 Å². The fraction of sp³-hybridized carbons (Fsp3) is 1.00. The highest BCUT2D eigenvalue weighted by molar-refractivity contribution is 6.36. The van der Waals surface area contributed by atoms with Crippen molar-refractivity contribution in [3.63, 3.8) is 0 Å². The summed E-state index contributed by atoms with van der Waals surface area (Å²) in [7, 11) is 3.11. The fourth-order valence-electron chi connectivity index (χ4n) is 0.604. The monoisotopic (exact) mass is 113 g/mol. The molecule has 0 aromatic rings. The van der Waals surface area contributed by atoms with E-state index in [1.54, 1.807) is 0 Å². The van der Waals surface area contributed by atoms with Gasteiger partial charge in [0, 0.05) is 0 Å². The molecule has 1 nitrogen and oxygen atoms in total. The predicted molar refractivity (Wildman–Crippen MR) is 40.5 cm³/mol. The lowest BCUT2D eigenvalue weighted by Gasteiger charge is -2.19. The molecule has 0 radical (unpaired) electrons. The molecule has 48 valence electrons. The first-order chi connectivity index (χ1) is 3.62. The van der Waals surface area contributed by atoms with Gasteiger partial charge in [-0.2, -0.15) is 0 Å². The van der Waals surface area contributed by atoms with Gasteiger partial charge in [-0.1, -0.05) is 27.2 Å². The molecule has 0 aliphatic heterocycles. The lowest BCUT2D eigenvalue weighted by molar-refractivity contribution is 0.635. The highest BCUT2D eigenvalue weighted by Crippen LogP contribution is 2.24. The summed E-state index contributed by atoms with van der Waals surface area (Å²) in [5.41, 5.74) is 0. The molecular weight excluding hydrogens is 96.9 g/mol. The molecule has 0 aromatic carbocycles. The molecule has 0 atom stereocenters. The second kappa shape index (κ2) is 3.13. The third kappa shape index (κ3) is 3.08. The third-order valence-corrected chi connectivity index (χ3v) is 1.61. The summed E-state index contributed by atoms with van der Waals surface area (Å²) in [4.78, 5) is 0. The standard InChI is InChI=1S/C6H16BN/c1-5-6(2,3)7-8-4/h7-8H,5H2,1-4H3. The Morgan fingerprint density at radius 2 is 2.00 bits per heavy atom. The maximum absolute atomic E-state index is 3.16. The van der Waals surface area contributed by atoms with Gasteiger partial charge in [0.1, 0.15) is 0 Å². The average molecular weight is 113 g/mol. The summed E-state index contributed by atoms with van der Waals surface area (Å²) < 4.78 is 0. The molecule has 1 N–H and O–H groups in total. The first kappa shape index (κ1) is 8.02. The zero-order valence-corrected chi connectivity index (χ0v) is 6.41. The minimum absolute atomic E-state index is 0.481. The summed E-state index contributed by atoms with van der Waals surface area (Å²) in [6.07, 6.45) is 1.24. The Balaban J connectivity index is 3.37. The van der Waals surface area contributed by atoms with Crippen molar-refractivity contribution in [2.45, 2.75) is 32.5 Å². The minimum Gasteiger partial charge on any atom is -0.361 e. The molecule has 0 rings (SSSR count). The molecular formula is C6H16BN. The van der Waals surface area contributed by atoms with E-state index in [-0.39, 0.29) is 0 Å². The van der Waals surface area contributed by atoms with Crippen molar-refractivity contribution in [3.05, 3.63) is 0 Å². The van der Waals surface area contributed by atoms with Gasteiger partial charge >= 0.3 is 0 Å². The Kier molecular flexibility index (Phi) is 3.14. The Labute approximate surface area is 53.1 Å². The SMILES string of the molecule is CCC(C)(C)BNC. The van der Waals surface area contributed by atoms with E-state index in [2.05, 4.69) is 26.0 Å². The Hall–Kier alpha value is 0.0249. The summed E-state index contributed by atoms with van der Waals surface area (Å²) in [6.45, 7) is 6.75. The molecule has 0 aromatic heterocycles. The Morgan fingerprint density at radius 3 is 2.12 bits per heavy atom. The van der Waals surface area contributed by atoms with Gasteiger partial charge in [-0.3, -0.25) is 0 Å². The van der Waals surface area contributed by atoms with E-state index in [9.17, 15) is 0 Å². The molecule has 0 unspecified atom stereocenters. The molecule has 2 heteroatoms. The van der Waals surface area contributed by atoms with Crippen molar-refractivity contribution in [2.24, 2.45) is 0 Å². The number of nitrogens with one attached hydrogen (secondary N) is 1. The van der Waals surface area contributed by atoms with Crippen molar-refractivity contribution in [3.8, 4) is 0 Å². The first-order valence-corrected chi connectivity index (χ1v) is 3.27. The van der Waals surface area contributed by atoms with Crippen molar-refractivity contribution in [1.29, 1.82) is 0 Å². The van der Waals surface area contributed by atoms with Gasteiger partial charge in [-0.25, -0.2) is 0 Å². The lowest BCUT2D eigenvalue weighted by atomic mass is 9.62. The smallest absolute Gasteiger partial charge is 0.206 e. The van der Waals surface area contributed by atoms with Crippen LogP contribution in [0.25, 0.3) is 0 Å². The summed E-state index contributed by atoms with van der Waals surface area (Å²) >= 11 is 0. The van der Waals surface area contributed by atoms with Gasteiger partial charge in [0.15, 0.2) is 0 Å². The Bertz CT molecular complexity index is 61.5. The van der Waals surface area contributed by atoms with E-state index in [0.717, 1.165) is 7.41 Å². The van der Waals surface area contributed by atoms with E-state index >= 15 is 0 Å². The zero-order chi connectivity index (χ0) is 6.62. The number of hydrogen-bond acceptors (Lipinski definition) is 1. The zero-order valence-electron chi connectivity index (χ0n) is 6.41. The summed E-state index contributed by atoms with van der Waals surface area (Å²) in [5.74, 6) is 0. The van der Waals surface area contributed by atoms with E-state index in [1.807, 2.05) is 7.05 Å². The van der Waals surface area contributed by atoms with E-state index in [4.69, 9.17) is 0 Å². The second-order valence-electron chi connectivity index (χ2n) is 3.05. The van der Waals surface area contributed by atoms with Gasteiger partial charge < -0.3 is 5.23 Å². The van der Waals surface area contributed by atoms with Crippen LogP contribution in [0.5, 0.6) is 0 Å². The predicted octanol–water partition coefficient (Wildman–Crippen LogP) is 1.17. The topological polar surface area (TPSA) is 12.0 Å². The van der Waals surface area contributed by atoms with Crippen molar-refractivity contribution in [2.75, 3.05) is 7.05 Å². The summed E-state index contributed by atoms with van der Waals surface area (Å²) in [6, 6.07) is 0. The van der Waals surface area contributed by atoms with Crippen LogP contribution in [-0.4, -0.2) is 14.5 Å². The molecule has 0 fully saturated rings. The van der Waals surface area contributed by atoms with Crippen LogP contribution in [0.2, 0.25) is 5.31 Å². The minimum atomic E-state index is 0.481. The lowest BCUT2D eigenvalue weighted by Crippen LogP contribution is -2.24. The van der Waals surface area contributed by atoms with E-state index in [0.29, 0.717) is 5.31 Å². The molecule has 8 heavy (non-hydrogen) atoms. The van der Waals surface area contributed by atoms with Crippen molar-refractivity contribution in [1.82, 2.24) is 5.23 Å². The summed E-state index contributed by atoms with van der Waals surface area (Å²) in [5, 5.41) is 3.64. The van der Waals surface area contributed by atoms with Crippen LogP contribution < -0.4 is 5.23 Å². The van der Waals surface area contributed by atoms with Crippen LogP contribution in [-0.2, 0) is 0 Å². The number of rotatable bonds is 3. The maximum Gasteiger partial charge on any atom is 0.206 e. The largest absolute Gasteiger partial charge is 0.361 e. The quantitative estimate of drug-likeness (QED) is 0.541. The number of hydrogen-bond donors (Lipinski definition) is 1. The van der Waals surface area contributed by atoms with E-state index < -0.39 is 0 Å². The van der Waals surface area contributed by atoms with Gasteiger partial charge in [-0.05, 0) is 12.4 Å². The molecule has 0 saturated heterocycles. The Morgan fingerprint density at radius 1 is 1.50 bits per heavy atom. The van der Waals surface area contributed by atoms with Gasteiger partial charge in [0.25, 0.3) is 0 Å². The normalized spacial score (nSPS) is 11.5. The molecule has 0 bridgehead atoms. The molecule has 0 saturated carbocycles. The van der Waals surface area contributed by atoms with Crippen LogP contribution in [0.4, 0.5) is 0 Å². The highest BCUT2D eigenvalue weighted by Gasteiger charge is 2.14. The van der Waals surface area contributed by atoms with Crippen molar-refractivity contribution < 1.29 is 0 Å². The molecule has 0 spiro atoms. The van der Waals surface area contributed by atoms with E-state index in [1.165, 1.54) is 6.42 Å². The van der Waals surface area contributed by atoms with Crippen LogP contribution in [0.3, 0.4) is 0 Å². The average Bonchev–Trinajstić information content (AvgIpc) is 1.67. The fourth-order valence-corrected chi connectivity index (χ4v) is 0.604. The van der Waals surface area contributed by atoms with Crippen LogP contribution in [0.1, 0.15) is 27.2 Å². The molecule has 0 amide bonds. The van der Waals surface area contributed by atoms with Gasteiger partial charge in [0.05, 0.1) is 0 Å². The van der Waals surface area contributed by atoms with Crippen molar-refractivity contribution >= 4 is 7.41 Å². The van der Waals surface area contributed by atoms with Gasteiger partial charge in [0.2, 0.25) is 7.41 Å². The first-order valence-electron chi connectivity index (χ1n) is 3.27. The maximum atomic E-state index is 3.16. The molecule has 0 aliphatic carbocycles. The van der Waals surface area contributed by atoms with Crippen LogP contribution in [0, 0.1) is 0 Å². The second-order valence-corrected chi connectivity index (χ2v) is 3.05. The highest BCUT2D eigenvalue weighted by atomic mass is 14.7.